The van der Waals surface area contributed by atoms with E-state index in [2.05, 4.69) is 9.97 Å². The van der Waals surface area contributed by atoms with Gasteiger partial charge >= 0.3 is 6.18 Å². The Bertz CT molecular complexity index is 429. The lowest BCUT2D eigenvalue weighted by atomic mass is 10.3. The molecule has 1 aromatic heterocycles. The number of halogens is 3. The Morgan fingerprint density at radius 1 is 1.39 bits per heavy atom. The van der Waals surface area contributed by atoms with Crippen LogP contribution in [0.2, 0.25) is 0 Å². The van der Waals surface area contributed by atoms with Gasteiger partial charge in [0.1, 0.15) is 5.82 Å². The van der Waals surface area contributed by atoms with E-state index in [1.807, 2.05) is 11.8 Å². The average Bonchev–Trinajstić information content (AvgIpc) is 3.07. The number of nitrogens with zero attached hydrogens (tertiary/aromatic N) is 3. The molecule has 0 atom stereocenters. The third-order valence-electron chi connectivity index (χ3n) is 2.77. The lowest BCUT2D eigenvalue weighted by molar-refractivity contribution is -0.141. The van der Waals surface area contributed by atoms with Gasteiger partial charge in [0.05, 0.1) is 0 Å². The quantitative estimate of drug-likeness (QED) is 0.903. The Balaban J connectivity index is 2.34. The molecule has 0 aliphatic heterocycles. The summed E-state index contributed by atoms with van der Waals surface area (Å²) in [5.74, 6) is -0.0549. The predicted molar refractivity (Wildman–Crippen MR) is 62.1 cm³/mol. The summed E-state index contributed by atoms with van der Waals surface area (Å²) in [5.41, 5.74) is 4.38. The molecule has 100 valence electrons. The average molecular weight is 260 g/mol. The van der Waals surface area contributed by atoms with Crippen LogP contribution in [0.4, 0.5) is 24.9 Å². The molecule has 0 radical (unpaired) electrons. The molecule has 4 nitrogen and oxygen atoms in total. The van der Waals surface area contributed by atoms with E-state index in [4.69, 9.17) is 5.73 Å². The van der Waals surface area contributed by atoms with Crippen molar-refractivity contribution in [2.24, 2.45) is 0 Å². The number of alkyl halides is 3. The van der Waals surface area contributed by atoms with E-state index in [0.29, 0.717) is 12.6 Å². The molecule has 2 N–H and O–H groups in total. The monoisotopic (exact) mass is 260 g/mol. The third-order valence-corrected chi connectivity index (χ3v) is 2.77. The van der Waals surface area contributed by atoms with Crippen LogP contribution < -0.4 is 10.6 Å². The summed E-state index contributed by atoms with van der Waals surface area (Å²) in [6.07, 6.45) is -1.66. The molecule has 0 aromatic carbocycles. The molecule has 2 rings (SSSR count). The zero-order valence-electron chi connectivity index (χ0n) is 10.0. The van der Waals surface area contributed by atoms with Crippen molar-refractivity contribution in [2.75, 3.05) is 17.2 Å². The molecule has 1 fully saturated rings. The van der Waals surface area contributed by atoms with Crippen LogP contribution in [0.15, 0.2) is 6.07 Å². The third kappa shape index (κ3) is 2.83. The maximum atomic E-state index is 12.6. The molecule has 1 aromatic rings. The Kier molecular flexibility index (Phi) is 3.32. The molecule has 0 unspecified atom stereocenters. The van der Waals surface area contributed by atoms with Crippen molar-refractivity contribution in [1.29, 1.82) is 0 Å². The van der Waals surface area contributed by atoms with Gasteiger partial charge in [-0.05, 0) is 19.3 Å². The van der Waals surface area contributed by atoms with Gasteiger partial charge in [-0.3, -0.25) is 0 Å². The lowest BCUT2D eigenvalue weighted by Crippen LogP contribution is -2.28. The first kappa shape index (κ1) is 12.9. The van der Waals surface area contributed by atoms with Crippen LogP contribution >= 0.6 is 0 Å². The number of aromatic nitrogens is 2. The van der Waals surface area contributed by atoms with Gasteiger partial charge in [0.25, 0.3) is 0 Å². The Labute approximate surface area is 103 Å². The zero-order chi connectivity index (χ0) is 13.3. The highest BCUT2D eigenvalue weighted by Crippen LogP contribution is 2.34. The highest BCUT2D eigenvalue weighted by molar-refractivity contribution is 5.46. The molecule has 0 amide bonds. The normalized spacial score (nSPS) is 15.8. The van der Waals surface area contributed by atoms with E-state index in [1.165, 1.54) is 0 Å². The van der Waals surface area contributed by atoms with Crippen LogP contribution in [0.1, 0.15) is 31.9 Å². The Morgan fingerprint density at radius 2 is 2.06 bits per heavy atom. The second-order valence-corrected chi connectivity index (χ2v) is 4.39. The number of hydrogen-bond donors (Lipinski definition) is 1. The fourth-order valence-corrected chi connectivity index (χ4v) is 1.86. The van der Waals surface area contributed by atoms with Crippen LogP contribution in [0.3, 0.4) is 0 Å². The van der Waals surface area contributed by atoms with Crippen molar-refractivity contribution in [2.45, 2.75) is 38.4 Å². The molecule has 0 saturated heterocycles. The van der Waals surface area contributed by atoms with Gasteiger partial charge in [0.15, 0.2) is 5.69 Å². The molecule has 0 bridgehead atoms. The van der Waals surface area contributed by atoms with Crippen molar-refractivity contribution in [3.05, 3.63) is 11.8 Å². The summed E-state index contributed by atoms with van der Waals surface area (Å²) in [7, 11) is 0. The standard InChI is InChI=1S/C11H15F3N4/c1-2-5-18(7-3-4-7)9-6-8(11(12,13)14)16-10(15)17-9/h6-7H,2-5H2,1H3,(H2,15,16,17). The molecular weight excluding hydrogens is 245 g/mol. The van der Waals surface area contributed by atoms with Crippen LogP contribution in [0.5, 0.6) is 0 Å². The summed E-state index contributed by atoms with van der Waals surface area (Å²) < 4.78 is 37.9. The molecule has 18 heavy (non-hydrogen) atoms. The highest BCUT2D eigenvalue weighted by atomic mass is 19.4. The predicted octanol–water partition coefficient (Wildman–Crippen LogP) is 2.46. The number of rotatable bonds is 4. The van der Waals surface area contributed by atoms with Crippen molar-refractivity contribution in [1.82, 2.24) is 9.97 Å². The van der Waals surface area contributed by atoms with Crippen LogP contribution in [0.25, 0.3) is 0 Å². The van der Waals surface area contributed by atoms with E-state index in [1.54, 1.807) is 0 Å². The smallest absolute Gasteiger partial charge is 0.368 e. The van der Waals surface area contributed by atoms with E-state index >= 15 is 0 Å². The van der Waals surface area contributed by atoms with E-state index in [9.17, 15) is 13.2 Å². The minimum atomic E-state index is -4.49. The number of nitrogen functional groups attached to an aromatic ring is 1. The highest BCUT2D eigenvalue weighted by Gasteiger charge is 2.36. The van der Waals surface area contributed by atoms with Crippen molar-refractivity contribution < 1.29 is 13.2 Å². The van der Waals surface area contributed by atoms with Crippen molar-refractivity contribution in [3.8, 4) is 0 Å². The van der Waals surface area contributed by atoms with Gasteiger partial charge in [-0.25, -0.2) is 4.98 Å². The number of hydrogen-bond acceptors (Lipinski definition) is 4. The second kappa shape index (κ2) is 4.62. The topological polar surface area (TPSA) is 55.0 Å². The van der Waals surface area contributed by atoms with Crippen LogP contribution in [0, 0.1) is 0 Å². The second-order valence-electron chi connectivity index (χ2n) is 4.39. The summed E-state index contributed by atoms with van der Waals surface area (Å²) in [6.45, 7) is 2.66. The van der Waals surface area contributed by atoms with Crippen LogP contribution in [-0.4, -0.2) is 22.6 Å². The fourth-order valence-electron chi connectivity index (χ4n) is 1.86. The summed E-state index contributed by atoms with van der Waals surface area (Å²) in [4.78, 5) is 9.04. The number of anilines is 2. The number of nitrogens with two attached hydrogens (primary N) is 1. The SMILES string of the molecule is CCCN(c1cc(C(F)(F)F)nc(N)n1)C1CC1. The summed E-state index contributed by atoms with van der Waals surface area (Å²) in [5, 5.41) is 0. The minimum absolute atomic E-state index is 0.277. The maximum absolute atomic E-state index is 12.6. The Hall–Kier alpha value is -1.53. The Morgan fingerprint density at radius 3 is 2.56 bits per heavy atom. The van der Waals surface area contributed by atoms with E-state index < -0.39 is 11.9 Å². The van der Waals surface area contributed by atoms with E-state index in [0.717, 1.165) is 25.3 Å². The molecule has 1 saturated carbocycles. The summed E-state index contributed by atoms with van der Waals surface area (Å²) >= 11 is 0. The molecule has 1 aliphatic rings. The first-order valence-corrected chi connectivity index (χ1v) is 5.90. The van der Waals surface area contributed by atoms with E-state index in [-0.39, 0.29) is 11.8 Å². The maximum Gasteiger partial charge on any atom is 0.433 e. The van der Waals surface area contributed by atoms with Crippen molar-refractivity contribution >= 4 is 11.8 Å². The fraction of sp³-hybridized carbons (Fsp3) is 0.636. The summed E-state index contributed by atoms with van der Waals surface area (Å²) in [6, 6.07) is 1.27. The van der Waals surface area contributed by atoms with Gasteiger partial charge in [-0.1, -0.05) is 6.92 Å². The van der Waals surface area contributed by atoms with Gasteiger partial charge in [-0.15, -0.1) is 0 Å². The lowest BCUT2D eigenvalue weighted by Gasteiger charge is -2.23. The van der Waals surface area contributed by atoms with Crippen molar-refractivity contribution in [3.63, 3.8) is 0 Å². The molecule has 1 heterocycles. The molecule has 7 heteroatoms. The van der Waals surface area contributed by atoms with Gasteiger partial charge < -0.3 is 10.6 Å². The molecule has 0 spiro atoms. The molecule has 1 aliphatic carbocycles. The van der Waals surface area contributed by atoms with Gasteiger partial charge in [0, 0.05) is 18.7 Å². The molecular formula is C11H15F3N4. The first-order chi connectivity index (χ1) is 8.41. The largest absolute Gasteiger partial charge is 0.433 e. The van der Waals surface area contributed by atoms with Gasteiger partial charge in [-0.2, -0.15) is 18.2 Å². The minimum Gasteiger partial charge on any atom is -0.368 e. The van der Waals surface area contributed by atoms with Gasteiger partial charge in [0.2, 0.25) is 5.95 Å². The first-order valence-electron chi connectivity index (χ1n) is 5.90. The van der Waals surface area contributed by atoms with Crippen LogP contribution in [-0.2, 0) is 6.18 Å². The zero-order valence-corrected chi connectivity index (χ0v) is 10.0.